The van der Waals surface area contributed by atoms with Crippen LogP contribution in [-0.4, -0.2) is 36.5 Å². The van der Waals surface area contributed by atoms with E-state index < -0.39 is 0 Å². The van der Waals surface area contributed by atoms with Crippen LogP contribution in [0.15, 0.2) is 24.3 Å². The Hall–Kier alpha value is -1.35. The summed E-state index contributed by atoms with van der Waals surface area (Å²) >= 11 is 0. The zero-order valence-corrected chi connectivity index (χ0v) is 15.0. The summed E-state index contributed by atoms with van der Waals surface area (Å²) in [6.07, 6.45) is 0. The molecule has 1 aromatic rings. The van der Waals surface area contributed by atoms with Gasteiger partial charge >= 0.3 is 0 Å². The second kappa shape index (κ2) is 8.94. The van der Waals surface area contributed by atoms with Crippen LogP contribution in [0.3, 0.4) is 0 Å². The first-order chi connectivity index (χ1) is 10.4. The lowest BCUT2D eigenvalue weighted by Gasteiger charge is -2.28. The fraction of sp³-hybridized carbons (Fsp3) is 0.632. The Kier molecular flexibility index (Phi) is 7.60. The van der Waals surface area contributed by atoms with Gasteiger partial charge in [0.15, 0.2) is 0 Å². The summed E-state index contributed by atoms with van der Waals surface area (Å²) in [6, 6.07) is 8.68. The first-order valence-corrected chi connectivity index (χ1v) is 8.48. The average Bonchev–Trinajstić information content (AvgIpc) is 2.48. The number of carbonyl (C=O) groups excluding carboxylic acids is 1. The minimum Gasteiger partial charge on any atom is -0.354 e. The van der Waals surface area contributed by atoms with Crippen LogP contribution in [-0.2, 0) is 4.79 Å². The number of nitrogens with one attached hydrogen (secondary N) is 1. The fourth-order valence-electron chi connectivity index (χ4n) is 2.95. The molecule has 1 N–H and O–H groups in total. The van der Waals surface area contributed by atoms with Gasteiger partial charge in [0.1, 0.15) is 0 Å². The van der Waals surface area contributed by atoms with Gasteiger partial charge in [-0.2, -0.15) is 0 Å². The molecular weight excluding hydrogens is 272 g/mol. The van der Waals surface area contributed by atoms with Gasteiger partial charge < -0.3 is 5.32 Å². The lowest BCUT2D eigenvalue weighted by Crippen LogP contribution is -2.43. The highest BCUT2D eigenvalue weighted by molar-refractivity contribution is 5.83. The predicted molar refractivity (Wildman–Crippen MR) is 94.2 cm³/mol. The van der Waals surface area contributed by atoms with Crippen molar-refractivity contribution in [1.29, 1.82) is 0 Å². The molecule has 22 heavy (non-hydrogen) atoms. The van der Waals surface area contributed by atoms with Crippen molar-refractivity contribution in [3.8, 4) is 0 Å². The maximum absolute atomic E-state index is 12.6. The molecule has 0 radical (unpaired) electrons. The normalized spacial score (nSPS) is 14.2. The van der Waals surface area contributed by atoms with Crippen LogP contribution in [0.4, 0.5) is 0 Å². The minimum atomic E-state index is -0.0792. The maximum Gasteiger partial charge on any atom is 0.227 e. The Morgan fingerprint density at radius 3 is 2.09 bits per heavy atom. The third-order valence-electron chi connectivity index (χ3n) is 4.39. The Morgan fingerprint density at radius 1 is 1.09 bits per heavy atom. The number of rotatable bonds is 8. The van der Waals surface area contributed by atoms with Crippen LogP contribution < -0.4 is 5.32 Å². The number of likely N-dealkylation sites (N-methyl/N-ethyl adjacent to an activating group) is 1. The van der Waals surface area contributed by atoms with Crippen LogP contribution in [0.1, 0.15) is 51.7 Å². The standard InChI is InChI=1S/C19H32N2O/c1-7-21(8-2)16(6)13-20-19(22)18(14(3)4)17-11-9-15(5)10-12-17/h9-12,14,16,18H,7-8,13H2,1-6H3,(H,20,22). The Balaban J connectivity index is 2.72. The van der Waals surface area contributed by atoms with E-state index in [1.807, 2.05) is 0 Å². The largest absolute Gasteiger partial charge is 0.354 e. The van der Waals surface area contributed by atoms with Gasteiger partial charge in [0.05, 0.1) is 5.92 Å². The molecule has 1 amide bonds. The van der Waals surface area contributed by atoms with E-state index in [4.69, 9.17) is 0 Å². The topological polar surface area (TPSA) is 32.3 Å². The van der Waals surface area contributed by atoms with E-state index in [0.717, 1.165) is 18.7 Å². The van der Waals surface area contributed by atoms with E-state index in [0.29, 0.717) is 12.6 Å². The first-order valence-electron chi connectivity index (χ1n) is 8.48. The smallest absolute Gasteiger partial charge is 0.227 e. The van der Waals surface area contributed by atoms with Gasteiger partial charge in [0.25, 0.3) is 0 Å². The van der Waals surface area contributed by atoms with Crippen LogP contribution in [0.2, 0.25) is 0 Å². The first kappa shape index (κ1) is 18.7. The number of aryl methyl sites for hydroxylation is 1. The van der Waals surface area contributed by atoms with E-state index in [-0.39, 0.29) is 17.7 Å². The number of hydrogen-bond donors (Lipinski definition) is 1. The molecule has 0 aliphatic rings. The average molecular weight is 304 g/mol. The van der Waals surface area contributed by atoms with Gasteiger partial charge in [-0.25, -0.2) is 0 Å². The summed E-state index contributed by atoms with van der Waals surface area (Å²) in [4.78, 5) is 15.0. The second-order valence-corrected chi connectivity index (χ2v) is 6.45. The summed E-state index contributed by atoms with van der Waals surface area (Å²) in [5.41, 5.74) is 2.33. The van der Waals surface area contributed by atoms with Gasteiger partial charge in [-0.15, -0.1) is 0 Å². The molecule has 2 unspecified atom stereocenters. The van der Waals surface area contributed by atoms with E-state index in [1.165, 1.54) is 5.56 Å². The predicted octanol–water partition coefficient (Wildman–Crippen LogP) is 3.58. The van der Waals surface area contributed by atoms with Crippen LogP contribution in [0, 0.1) is 12.8 Å². The summed E-state index contributed by atoms with van der Waals surface area (Å²) in [5, 5.41) is 3.15. The molecular formula is C19H32N2O. The van der Waals surface area contributed by atoms with Crippen molar-refractivity contribution in [3.05, 3.63) is 35.4 Å². The number of amides is 1. The Labute approximate surface area is 136 Å². The van der Waals surface area contributed by atoms with E-state index >= 15 is 0 Å². The van der Waals surface area contributed by atoms with Crippen molar-refractivity contribution in [2.24, 2.45) is 5.92 Å². The molecule has 0 spiro atoms. The highest BCUT2D eigenvalue weighted by atomic mass is 16.1. The molecule has 1 aromatic carbocycles. The fourth-order valence-corrected chi connectivity index (χ4v) is 2.95. The molecule has 1 rings (SSSR count). The lowest BCUT2D eigenvalue weighted by molar-refractivity contribution is -0.123. The summed E-state index contributed by atoms with van der Waals surface area (Å²) in [6.45, 7) is 15.5. The molecule has 0 aromatic heterocycles. The van der Waals surface area contributed by atoms with E-state index in [1.54, 1.807) is 0 Å². The zero-order valence-electron chi connectivity index (χ0n) is 15.0. The third kappa shape index (κ3) is 5.13. The summed E-state index contributed by atoms with van der Waals surface area (Å²) in [5.74, 6) is 0.342. The second-order valence-electron chi connectivity index (χ2n) is 6.45. The van der Waals surface area contributed by atoms with Gasteiger partial charge in [-0.1, -0.05) is 57.5 Å². The molecule has 3 heteroatoms. The van der Waals surface area contributed by atoms with Crippen LogP contribution in [0.5, 0.6) is 0 Å². The summed E-state index contributed by atoms with van der Waals surface area (Å²) < 4.78 is 0. The van der Waals surface area contributed by atoms with Gasteiger partial charge in [-0.3, -0.25) is 9.69 Å². The number of hydrogen-bond acceptors (Lipinski definition) is 2. The molecule has 0 saturated carbocycles. The number of carbonyl (C=O) groups is 1. The molecule has 0 saturated heterocycles. The number of benzene rings is 1. The Morgan fingerprint density at radius 2 is 1.64 bits per heavy atom. The van der Waals surface area contributed by atoms with Gasteiger partial charge in [0, 0.05) is 12.6 Å². The van der Waals surface area contributed by atoms with Crippen LogP contribution >= 0.6 is 0 Å². The maximum atomic E-state index is 12.6. The molecule has 124 valence electrons. The third-order valence-corrected chi connectivity index (χ3v) is 4.39. The Bertz CT molecular complexity index is 449. The SMILES string of the molecule is CCN(CC)C(C)CNC(=O)C(c1ccc(C)cc1)C(C)C. The highest BCUT2D eigenvalue weighted by Crippen LogP contribution is 2.25. The number of nitrogens with zero attached hydrogens (tertiary/aromatic N) is 1. The molecule has 0 bridgehead atoms. The molecule has 0 fully saturated rings. The van der Waals surface area contributed by atoms with Gasteiger partial charge in [0.2, 0.25) is 5.91 Å². The molecule has 3 nitrogen and oxygen atoms in total. The lowest BCUT2D eigenvalue weighted by atomic mass is 9.87. The van der Waals surface area contributed by atoms with Crippen molar-refractivity contribution in [2.45, 2.75) is 53.5 Å². The van der Waals surface area contributed by atoms with Crippen molar-refractivity contribution in [1.82, 2.24) is 10.2 Å². The van der Waals surface area contributed by atoms with E-state index in [2.05, 4.69) is 76.0 Å². The molecule has 0 aliphatic heterocycles. The monoisotopic (exact) mass is 304 g/mol. The summed E-state index contributed by atoms with van der Waals surface area (Å²) in [7, 11) is 0. The quantitative estimate of drug-likeness (QED) is 0.796. The van der Waals surface area contributed by atoms with Gasteiger partial charge in [-0.05, 0) is 38.4 Å². The van der Waals surface area contributed by atoms with Crippen molar-refractivity contribution in [3.63, 3.8) is 0 Å². The van der Waals surface area contributed by atoms with E-state index in [9.17, 15) is 4.79 Å². The zero-order chi connectivity index (χ0) is 16.7. The van der Waals surface area contributed by atoms with Crippen molar-refractivity contribution < 1.29 is 4.79 Å². The van der Waals surface area contributed by atoms with Crippen molar-refractivity contribution in [2.75, 3.05) is 19.6 Å². The van der Waals surface area contributed by atoms with Crippen LogP contribution in [0.25, 0.3) is 0 Å². The molecule has 2 atom stereocenters. The minimum absolute atomic E-state index is 0.0792. The highest BCUT2D eigenvalue weighted by Gasteiger charge is 2.24. The van der Waals surface area contributed by atoms with Crippen molar-refractivity contribution >= 4 is 5.91 Å². The molecule has 0 aliphatic carbocycles. The molecule has 0 heterocycles.